The van der Waals surface area contributed by atoms with Crippen molar-refractivity contribution >= 4 is 45.9 Å². The van der Waals surface area contributed by atoms with Crippen molar-refractivity contribution in [2.45, 2.75) is 63.2 Å². The minimum Gasteiger partial charge on any atom is -0.310 e. The summed E-state index contributed by atoms with van der Waals surface area (Å²) in [6.45, 7) is 4.84. The zero-order valence-electron chi connectivity index (χ0n) is 39.9. The van der Waals surface area contributed by atoms with Crippen LogP contribution in [0.2, 0.25) is 0 Å². The Bertz CT molecular complexity index is 3150. The molecule has 0 unspecified atom stereocenters. The van der Waals surface area contributed by atoms with Gasteiger partial charge in [-0.1, -0.05) is 208 Å². The minimum atomic E-state index is -2.70. The Labute approximate surface area is 410 Å². The maximum Gasteiger partial charge on any atom is 0.179 e. The van der Waals surface area contributed by atoms with Crippen molar-refractivity contribution in [2.75, 3.05) is 4.90 Å². The largest absolute Gasteiger partial charge is 0.310 e. The van der Waals surface area contributed by atoms with Crippen LogP contribution in [0.3, 0.4) is 0 Å². The van der Waals surface area contributed by atoms with Crippen molar-refractivity contribution in [3.8, 4) is 33.4 Å². The van der Waals surface area contributed by atoms with Crippen LogP contribution in [-0.2, 0) is 10.8 Å². The third-order valence-electron chi connectivity index (χ3n) is 17.2. The summed E-state index contributed by atoms with van der Waals surface area (Å²) in [4.78, 5) is 2.53. The van der Waals surface area contributed by atoms with Crippen LogP contribution in [0.5, 0.6) is 0 Å². The van der Waals surface area contributed by atoms with Crippen LogP contribution in [-0.4, -0.2) is 8.07 Å². The summed E-state index contributed by atoms with van der Waals surface area (Å²) in [5.74, 6) is 2.74. The van der Waals surface area contributed by atoms with Crippen LogP contribution < -0.4 is 25.6 Å². The highest BCUT2D eigenvalue weighted by Gasteiger charge is 2.51. The van der Waals surface area contributed by atoms with Crippen LogP contribution in [0, 0.1) is 17.8 Å². The van der Waals surface area contributed by atoms with Gasteiger partial charge in [-0.15, -0.1) is 0 Å². The fourth-order valence-corrected chi connectivity index (χ4v) is 19.2. The fourth-order valence-electron chi connectivity index (χ4n) is 14.4. The molecule has 0 radical (unpaired) electrons. The van der Waals surface area contributed by atoms with Gasteiger partial charge in [-0.3, -0.25) is 0 Å². The van der Waals surface area contributed by atoms with Gasteiger partial charge in [-0.05, 0) is 169 Å². The summed E-state index contributed by atoms with van der Waals surface area (Å²) < 4.78 is 0. The molecule has 4 bridgehead atoms. The van der Waals surface area contributed by atoms with Gasteiger partial charge >= 0.3 is 0 Å². The van der Waals surface area contributed by atoms with E-state index >= 15 is 0 Å². The molecule has 0 aliphatic heterocycles. The SMILES string of the molecule is CC1(C)c2cc(N(c3ccc(C45CC6CC(CC(C6)C4)C5)cc3)c3ccc([Si](c4ccccc4)(c4ccccc4)c4ccccc4)cc3)ccc2-c2c(-c3ccc(-c4ccccc4)cc3)cccc21. The van der Waals surface area contributed by atoms with E-state index in [1.165, 1.54) is 121 Å². The molecule has 0 heterocycles. The minimum absolute atomic E-state index is 0.190. The van der Waals surface area contributed by atoms with Crippen molar-refractivity contribution in [3.63, 3.8) is 0 Å². The smallest absolute Gasteiger partial charge is 0.179 e. The summed E-state index contributed by atoms with van der Waals surface area (Å²) in [7, 11) is -2.70. The lowest BCUT2D eigenvalue weighted by Gasteiger charge is -2.57. The summed E-state index contributed by atoms with van der Waals surface area (Å²) in [5, 5.41) is 5.54. The monoisotopic (exact) mass is 905 g/mol. The van der Waals surface area contributed by atoms with Crippen molar-refractivity contribution in [1.82, 2.24) is 0 Å². The fraction of sp³-hybridized carbons (Fsp3) is 0.194. The molecule has 0 N–H and O–H groups in total. The molecular weight excluding hydrogens is 847 g/mol. The number of nitrogens with zero attached hydrogens (tertiary/aromatic N) is 1. The lowest BCUT2D eigenvalue weighted by atomic mass is 9.48. The lowest BCUT2D eigenvalue weighted by Crippen LogP contribution is -2.74. The molecule has 5 aliphatic carbocycles. The van der Waals surface area contributed by atoms with E-state index in [2.05, 4.69) is 249 Å². The zero-order valence-corrected chi connectivity index (χ0v) is 40.9. The molecule has 0 amide bonds. The van der Waals surface area contributed by atoms with E-state index in [9.17, 15) is 0 Å². The predicted octanol–water partition coefficient (Wildman–Crippen LogP) is 14.6. The normalized spacial score (nSPS) is 20.6. The van der Waals surface area contributed by atoms with Crippen LogP contribution in [0.4, 0.5) is 17.1 Å². The first kappa shape index (κ1) is 42.1. The molecule has 0 spiro atoms. The Kier molecular flexibility index (Phi) is 10.1. The van der Waals surface area contributed by atoms with Gasteiger partial charge < -0.3 is 4.90 Å². The molecule has 4 saturated carbocycles. The Balaban J connectivity index is 0.939. The highest BCUT2D eigenvalue weighted by Crippen LogP contribution is 2.61. The molecule has 0 atom stereocenters. The number of anilines is 3. The third-order valence-corrected chi connectivity index (χ3v) is 22.0. The topological polar surface area (TPSA) is 3.24 Å². The Morgan fingerprint density at radius 1 is 0.377 bits per heavy atom. The second-order valence-corrected chi connectivity index (χ2v) is 25.3. The van der Waals surface area contributed by atoms with Crippen LogP contribution >= 0.6 is 0 Å². The van der Waals surface area contributed by atoms with E-state index < -0.39 is 8.07 Å². The summed E-state index contributed by atoms with van der Waals surface area (Å²) in [5.41, 5.74) is 15.8. The molecule has 2 heteroatoms. The molecule has 0 saturated heterocycles. The summed E-state index contributed by atoms with van der Waals surface area (Å²) >= 11 is 0. The Morgan fingerprint density at radius 3 is 1.36 bits per heavy atom. The Morgan fingerprint density at radius 2 is 0.826 bits per heavy atom. The van der Waals surface area contributed by atoms with Gasteiger partial charge in [0, 0.05) is 22.5 Å². The highest BCUT2D eigenvalue weighted by molar-refractivity contribution is 7.19. The van der Waals surface area contributed by atoms with Crippen molar-refractivity contribution in [2.24, 2.45) is 17.8 Å². The van der Waals surface area contributed by atoms with Gasteiger partial charge in [-0.2, -0.15) is 0 Å². The number of rotatable bonds is 10. The first-order valence-electron chi connectivity index (χ1n) is 25.5. The molecule has 4 fully saturated rings. The van der Waals surface area contributed by atoms with Crippen molar-refractivity contribution in [1.29, 1.82) is 0 Å². The molecule has 0 aromatic heterocycles. The molecular formula is C67H59NSi. The van der Waals surface area contributed by atoms with E-state index in [1.54, 1.807) is 5.56 Å². The van der Waals surface area contributed by atoms with E-state index in [0.29, 0.717) is 5.41 Å². The van der Waals surface area contributed by atoms with Gasteiger partial charge in [0.1, 0.15) is 0 Å². The van der Waals surface area contributed by atoms with Gasteiger partial charge in [-0.25, -0.2) is 0 Å². The highest BCUT2D eigenvalue weighted by atomic mass is 28.3. The van der Waals surface area contributed by atoms with Gasteiger partial charge in [0.15, 0.2) is 8.07 Å². The summed E-state index contributed by atoms with van der Waals surface area (Å²) in [6, 6.07) is 87.6. The molecule has 9 aromatic rings. The molecule has 336 valence electrons. The van der Waals surface area contributed by atoms with Crippen molar-refractivity contribution < 1.29 is 0 Å². The van der Waals surface area contributed by atoms with E-state index in [4.69, 9.17) is 0 Å². The molecule has 9 aromatic carbocycles. The number of benzene rings is 9. The quantitative estimate of drug-likeness (QED) is 0.0976. The third kappa shape index (κ3) is 6.93. The van der Waals surface area contributed by atoms with E-state index in [1.807, 2.05) is 0 Å². The second kappa shape index (κ2) is 16.6. The predicted molar refractivity (Wildman–Crippen MR) is 293 cm³/mol. The van der Waals surface area contributed by atoms with Gasteiger partial charge in [0.05, 0.1) is 0 Å². The van der Waals surface area contributed by atoms with Crippen LogP contribution in [0.1, 0.15) is 69.1 Å². The van der Waals surface area contributed by atoms with Crippen LogP contribution in [0.25, 0.3) is 33.4 Å². The number of fused-ring (bicyclic) bond motifs is 3. The number of hydrogen-bond acceptors (Lipinski definition) is 1. The van der Waals surface area contributed by atoms with Crippen LogP contribution in [0.15, 0.2) is 231 Å². The average Bonchev–Trinajstić information content (AvgIpc) is 3.63. The molecule has 5 aliphatic rings. The lowest BCUT2D eigenvalue weighted by molar-refractivity contribution is -0.00518. The van der Waals surface area contributed by atoms with Gasteiger partial charge in [0.2, 0.25) is 0 Å². The first-order chi connectivity index (χ1) is 33.9. The average molecular weight is 906 g/mol. The molecule has 69 heavy (non-hydrogen) atoms. The molecule has 14 rings (SSSR count). The van der Waals surface area contributed by atoms with Crippen molar-refractivity contribution in [3.05, 3.63) is 247 Å². The number of hydrogen-bond donors (Lipinski definition) is 0. The maximum atomic E-state index is 2.53. The maximum absolute atomic E-state index is 2.70. The zero-order chi connectivity index (χ0) is 46.2. The molecule has 1 nitrogen and oxygen atoms in total. The first-order valence-corrected chi connectivity index (χ1v) is 27.5. The standard InChI is InChI=1S/C67H59NSi/c1-66(2)63-25-15-24-61(52-28-26-51(27-29-52)50-16-7-3-8-17-50)65(63)62-39-36-56(43-64(62)66)68(54-32-30-53(31-33-54)67-44-47-40-48(45-67)42-49(41-47)46-67)55-34-37-60(38-35-55)69(57-18-9-4-10-19-57,58-20-11-5-12-21-58)59-22-13-6-14-23-59/h3-39,43,47-49H,40-42,44-46H2,1-2H3. The van der Waals surface area contributed by atoms with Gasteiger partial charge in [0.25, 0.3) is 0 Å². The van der Waals surface area contributed by atoms with E-state index in [0.717, 1.165) is 17.8 Å². The van der Waals surface area contributed by atoms with E-state index in [-0.39, 0.29) is 5.41 Å². The Hall–Kier alpha value is -7.00. The summed E-state index contributed by atoms with van der Waals surface area (Å²) in [6.07, 6.45) is 8.51. The second-order valence-electron chi connectivity index (χ2n) is 21.5.